The van der Waals surface area contributed by atoms with Crippen molar-refractivity contribution in [2.45, 2.75) is 0 Å². The van der Waals surface area contributed by atoms with Gasteiger partial charge >= 0.3 is 0 Å². The molecule has 0 saturated carbocycles. The molecule has 0 aliphatic heterocycles. The highest BCUT2D eigenvalue weighted by Crippen LogP contribution is 2.44. The first-order chi connectivity index (χ1) is 26.8. The summed E-state index contributed by atoms with van der Waals surface area (Å²) in [5, 5.41) is 7.59. The lowest BCUT2D eigenvalue weighted by molar-refractivity contribution is 1.29. The third kappa shape index (κ3) is 5.74. The standard InChI is InChI=1S/C52H35NS/c1-5-16-36(17-6-1)32-47(37-18-7-2-8-19-37)45-26-15-27-46-48(33-38-20-13-14-25-43(38)52(45)46)39-28-30-44-49-35-42(29-31-50(49)54-51(44)34-39)53(40-21-9-3-10-22-40)41-23-11-4-12-24-41/h1-35H/b47-32+. The Balaban J connectivity index is 1.15. The number of nitrogens with zero attached hydrogens (tertiary/aromatic N) is 1. The highest BCUT2D eigenvalue weighted by Gasteiger charge is 2.18. The molecule has 0 radical (unpaired) electrons. The molecule has 1 heterocycles. The lowest BCUT2D eigenvalue weighted by atomic mass is 9.86. The molecule has 254 valence electrons. The minimum Gasteiger partial charge on any atom is -0.310 e. The first-order valence-electron chi connectivity index (χ1n) is 18.4. The number of para-hydroxylation sites is 2. The Kier molecular flexibility index (Phi) is 8.09. The molecule has 10 aromatic rings. The van der Waals surface area contributed by atoms with Crippen molar-refractivity contribution in [3.8, 4) is 11.1 Å². The average Bonchev–Trinajstić information content (AvgIpc) is 3.61. The van der Waals surface area contributed by atoms with Crippen LogP contribution in [0.5, 0.6) is 0 Å². The van der Waals surface area contributed by atoms with Crippen molar-refractivity contribution in [1.29, 1.82) is 0 Å². The Morgan fingerprint density at radius 3 is 1.81 bits per heavy atom. The zero-order chi connectivity index (χ0) is 35.8. The third-order valence-electron chi connectivity index (χ3n) is 10.4. The highest BCUT2D eigenvalue weighted by molar-refractivity contribution is 7.25. The van der Waals surface area contributed by atoms with Crippen LogP contribution in [0.3, 0.4) is 0 Å². The van der Waals surface area contributed by atoms with E-state index in [0.717, 1.165) is 17.1 Å². The van der Waals surface area contributed by atoms with Crippen molar-refractivity contribution in [3.05, 3.63) is 223 Å². The van der Waals surface area contributed by atoms with Crippen molar-refractivity contribution in [2.24, 2.45) is 0 Å². The smallest absolute Gasteiger partial charge is 0.0468 e. The number of fused-ring (bicyclic) bond motifs is 6. The zero-order valence-electron chi connectivity index (χ0n) is 29.6. The Labute approximate surface area is 319 Å². The number of hydrogen-bond donors (Lipinski definition) is 0. The summed E-state index contributed by atoms with van der Waals surface area (Å²) < 4.78 is 2.58. The minimum atomic E-state index is 1.14. The molecule has 0 N–H and O–H groups in total. The Hall–Kier alpha value is -6.74. The molecule has 0 unspecified atom stereocenters. The molecule has 0 atom stereocenters. The summed E-state index contributed by atoms with van der Waals surface area (Å²) in [7, 11) is 0. The largest absolute Gasteiger partial charge is 0.310 e. The first-order valence-corrected chi connectivity index (χ1v) is 19.2. The van der Waals surface area contributed by atoms with Gasteiger partial charge in [0.15, 0.2) is 0 Å². The van der Waals surface area contributed by atoms with E-state index < -0.39 is 0 Å². The average molecular weight is 706 g/mol. The van der Waals surface area contributed by atoms with E-state index in [-0.39, 0.29) is 0 Å². The van der Waals surface area contributed by atoms with E-state index in [1.54, 1.807) is 0 Å². The monoisotopic (exact) mass is 705 g/mol. The highest BCUT2D eigenvalue weighted by atomic mass is 32.1. The molecule has 0 amide bonds. The predicted octanol–water partition coefficient (Wildman–Crippen LogP) is 15.1. The topological polar surface area (TPSA) is 3.24 Å². The van der Waals surface area contributed by atoms with E-state index in [1.165, 1.54) is 75.1 Å². The quantitative estimate of drug-likeness (QED) is 0.118. The van der Waals surface area contributed by atoms with Crippen LogP contribution >= 0.6 is 11.3 Å². The van der Waals surface area contributed by atoms with Gasteiger partial charge in [-0.1, -0.05) is 152 Å². The summed E-state index contributed by atoms with van der Waals surface area (Å²) in [4.78, 5) is 2.34. The lowest BCUT2D eigenvalue weighted by Crippen LogP contribution is -2.09. The maximum Gasteiger partial charge on any atom is 0.0468 e. The molecule has 10 rings (SSSR count). The molecule has 1 aromatic heterocycles. The summed E-state index contributed by atoms with van der Waals surface area (Å²) in [6, 6.07) is 74.7. The van der Waals surface area contributed by atoms with Crippen LogP contribution in [0.25, 0.3) is 64.5 Å². The second kappa shape index (κ2) is 13.7. The van der Waals surface area contributed by atoms with Crippen LogP contribution in [-0.2, 0) is 0 Å². The fraction of sp³-hybridized carbons (Fsp3) is 0. The fourth-order valence-electron chi connectivity index (χ4n) is 7.94. The molecule has 0 fully saturated rings. The van der Waals surface area contributed by atoms with Gasteiger partial charge in [-0.3, -0.25) is 0 Å². The molecule has 54 heavy (non-hydrogen) atoms. The number of anilines is 3. The minimum absolute atomic E-state index is 1.14. The Bertz CT molecular complexity index is 2920. The van der Waals surface area contributed by atoms with Gasteiger partial charge in [-0.05, 0) is 116 Å². The van der Waals surface area contributed by atoms with Crippen molar-refractivity contribution in [3.63, 3.8) is 0 Å². The van der Waals surface area contributed by atoms with Gasteiger partial charge in [-0.2, -0.15) is 0 Å². The molecule has 1 nitrogen and oxygen atoms in total. The molecule has 0 aliphatic carbocycles. The summed E-state index contributed by atoms with van der Waals surface area (Å²) in [5.41, 5.74) is 10.7. The van der Waals surface area contributed by atoms with Gasteiger partial charge in [0.25, 0.3) is 0 Å². The molecule has 2 heteroatoms. The maximum absolute atomic E-state index is 2.40. The van der Waals surface area contributed by atoms with E-state index >= 15 is 0 Å². The van der Waals surface area contributed by atoms with E-state index in [4.69, 9.17) is 0 Å². The predicted molar refractivity (Wildman–Crippen MR) is 234 cm³/mol. The van der Waals surface area contributed by atoms with Crippen molar-refractivity contribution in [2.75, 3.05) is 4.90 Å². The Morgan fingerprint density at radius 2 is 1.07 bits per heavy atom. The van der Waals surface area contributed by atoms with E-state index in [2.05, 4.69) is 217 Å². The van der Waals surface area contributed by atoms with Crippen LogP contribution in [0.4, 0.5) is 17.1 Å². The van der Waals surface area contributed by atoms with Crippen LogP contribution in [-0.4, -0.2) is 0 Å². The van der Waals surface area contributed by atoms with Crippen LogP contribution in [0, 0.1) is 0 Å². The van der Waals surface area contributed by atoms with Gasteiger partial charge in [0, 0.05) is 37.2 Å². The number of hydrogen-bond acceptors (Lipinski definition) is 2. The van der Waals surface area contributed by atoms with Crippen molar-refractivity contribution >= 4 is 81.8 Å². The van der Waals surface area contributed by atoms with Gasteiger partial charge < -0.3 is 4.90 Å². The fourth-order valence-corrected chi connectivity index (χ4v) is 9.06. The van der Waals surface area contributed by atoms with Gasteiger partial charge in [0.05, 0.1) is 0 Å². The van der Waals surface area contributed by atoms with Crippen LogP contribution in [0.1, 0.15) is 16.7 Å². The molecule has 0 spiro atoms. The van der Waals surface area contributed by atoms with Gasteiger partial charge in [0.1, 0.15) is 0 Å². The van der Waals surface area contributed by atoms with Gasteiger partial charge in [0.2, 0.25) is 0 Å². The van der Waals surface area contributed by atoms with Crippen molar-refractivity contribution < 1.29 is 0 Å². The molecular formula is C52H35NS. The summed E-state index contributed by atoms with van der Waals surface area (Å²) in [6.45, 7) is 0. The van der Waals surface area contributed by atoms with Crippen LogP contribution < -0.4 is 4.90 Å². The normalized spacial score (nSPS) is 11.8. The second-order valence-electron chi connectivity index (χ2n) is 13.7. The Morgan fingerprint density at radius 1 is 0.426 bits per heavy atom. The molecule has 0 aliphatic rings. The molecule has 9 aromatic carbocycles. The van der Waals surface area contributed by atoms with Crippen molar-refractivity contribution in [1.82, 2.24) is 0 Å². The molecule has 0 saturated heterocycles. The van der Waals surface area contributed by atoms with E-state index in [9.17, 15) is 0 Å². The molecule has 0 bridgehead atoms. The summed E-state index contributed by atoms with van der Waals surface area (Å²) >= 11 is 1.87. The second-order valence-corrected chi connectivity index (χ2v) is 14.8. The lowest BCUT2D eigenvalue weighted by Gasteiger charge is -2.25. The number of rotatable bonds is 7. The zero-order valence-corrected chi connectivity index (χ0v) is 30.4. The molecular weight excluding hydrogens is 671 g/mol. The van der Waals surface area contributed by atoms with Crippen LogP contribution in [0.15, 0.2) is 206 Å². The first kappa shape index (κ1) is 32.0. The number of thiophene rings is 1. The summed E-state index contributed by atoms with van der Waals surface area (Å²) in [5.74, 6) is 0. The summed E-state index contributed by atoms with van der Waals surface area (Å²) in [6.07, 6.45) is 2.33. The van der Waals surface area contributed by atoms with Gasteiger partial charge in [-0.25, -0.2) is 0 Å². The number of benzene rings is 9. The SMILES string of the molecule is C(=C(/c1ccccc1)c1cccc2c(-c3ccc4c(c3)sc3ccc(N(c5ccccc5)c5ccccc5)cc34)cc3ccccc3c12)/c1ccccc1. The maximum atomic E-state index is 2.40. The third-order valence-corrected chi connectivity index (χ3v) is 11.6. The van der Waals surface area contributed by atoms with E-state index in [0.29, 0.717) is 0 Å². The van der Waals surface area contributed by atoms with Gasteiger partial charge in [-0.15, -0.1) is 11.3 Å². The van der Waals surface area contributed by atoms with E-state index in [1.807, 2.05) is 11.3 Å². The van der Waals surface area contributed by atoms with Crippen LogP contribution in [0.2, 0.25) is 0 Å².